The molecular weight excluding hydrogens is 405 g/mol. The molecule has 2 aliphatic rings. The molecule has 158 valence electrons. The number of urea groups is 1. The third kappa shape index (κ3) is 6.37. The summed E-state index contributed by atoms with van der Waals surface area (Å²) in [6, 6.07) is 2.87. The van der Waals surface area contributed by atoms with Crippen molar-refractivity contribution in [1.82, 2.24) is 4.90 Å². The van der Waals surface area contributed by atoms with Crippen LogP contribution in [0, 0.1) is 11.8 Å². The van der Waals surface area contributed by atoms with Crippen LogP contribution in [0.25, 0.3) is 0 Å². The first-order valence-corrected chi connectivity index (χ1v) is 9.54. The lowest BCUT2D eigenvalue weighted by molar-refractivity contribution is -0.137. The molecule has 4 nitrogen and oxygen atoms in total. The van der Waals surface area contributed by atoms with Gasteiger partial charge in [0.05, 0.1) is 16.7 Å². The van der Waals surface area contributed by atoms with Gasteiger partial charge in [-0.15, -0.1) is 0 Å². The van der Waals surface area contributed by atoms with Crippen LogP contribution in [0.4, 0.5) is 23.7 Å². The molecule has 1 heterocycles. The van der Waals surface area contributed by atoms with Gasteiger partial charge in [0, 0.05) is 18.8 Å². The number of nitrogens with zero attached hydrogens (tertiary/aromatic N) is 1. The molecule has 1 aromatic carbocycles. The van der Waals surface area contributed by atoms with Crippen molar-refractivity contribution in [3.8, 4) is 0 Å². The maximum atomic E-state index is 12.8. The van der Waals surface area contributed by atoms with E-state index in [1.165, 1.54) is 6.07 Å². The molecule has 8 heteroatoms. The largest absolute Gasteiger partial charge is 0.417 e. The van der Waals surface area contributed by atoms with Crippen molar-refractivity contribution in [2.75, 3.05) is 18.4 Å². The van der Waals surface area contributed by atoms with Crippen LogP contribution in [0.5, 0.6) is 0 Å². The topological polar surface area (TPSA) is 52.6 Å². The number of nitrogens with one attached hydrogen (secondary N) is 1. The van der Waals surface area contributed by atoms with E-state index in [1.807, 2.05) is 12.2 Å². The van der Waals surface area contributed by atoms with Gasteiger partial charge in [0.15, 0.2) is 0 Å². The van der Waals surface area contributed by atoms with Gasteiger partial charge in [-0.05, 0) is 42.9 Å². The van der Waals surface area contributed by atoms with Gasteiger partial charge in [-0.1, -0.05) is 49.1 Å². The second kappa shape index (κ2) is 9.98. The van der Waals surface area contributed by atoms with Crippen LogP contribution in [0.1, 0.15) is 18.4 Å². The number of hydrogen-bond donors (Lipinski definition) is 2. The number of aliphatic hydroxyl groups is 1. The Labute approximate surface area is 173 Å². The zero-order chi connectivity index (χ0) is 21.6. The molecular formula is C21H24ClF3N2O2. The third-order valence-electron chi connectivity index (χ3n) is 4.92. The molecule has 0 spiro atoms. The predicted octanol–water partition coefficient (Wildman–Crippen LogP) is 5.51. The van der Waals surface area contributed by atoms with Gasteiger partial charge in [-0.25, -0.2) is 4.79 Å². The fraction of sp³-hybridized carbons (Fsp3) is 0.381. The predicted molar refractivity (Wildman–Crippen MR) is 109 cm³/mol. The highest BCUT2D eigenvalue weighted by Gasteiger charge is 2.42. The summed E-state index contributed by atoms with van der Waals surface area (Å²) in [6.07, 6.45) is 3.55. The first kappa shape index (κ1) is 23.0. The number of aliphatic hydroxyl groups excluding tert-OH is 1. The number of halogens is 4. The number of fused-ring (bicyclic) bond motifs is 1. The smallest absolute Gasteiger partial charge is 0.393 e. The number of benzene rings is 1. The molecule has 1 aromatic rings. The van der Waals surface area contributed by atoms with Gasteiger partial charge in [0.25, 0.3) is 0 Å². The number of carbonyl (C=O) groups excluding carboxylic acids is 1. The molecule has 1 saturated carbocycles. The Morgan fingerprint density at radius 1 is 1.17 bits per heavy atom. The van der Waals surface area contributed by atoms with Gasteiger partial charge < -0.3 is 15.3 Å². The van der Waals surface area contributed by atoms with Crippen molar-refractivity contribution < 1.29 is 23.1 Å². The van der Waals surface area contributed by atoms with Crippen molar-refractivity contribution in [3.05, 3.63) is 66.2 Å². The Kier molecular flexibility index (Phi) is 7.93. The van der Waals surface area contributed by atoms with Crippen LogP contribution in [-0.4, -0.2) is 35.2 Å². The van der Waals surface area contributed by atoms with Crippen LogP contribution in [0.2, 0.25) is 5.02 Å². The maximum Gasteiger partial charge on any atom is 0.417 e. The average molecular weight is 429 g/mol. The molecule has 1 aliphatic carbocycles. The van der Waals surface area contributed by atoms with Crippen LogP contribution < -0.4 is 5.32 Å². The van der Waals surface area contributed by atoms with E-state index in [0.29, 0.717) is 25.9 Å². The van der Waals surface area contributed by atoms with Gasteiger partial charge >= 0.3 is 12.2 Å². The second-order valence-electron chi connectivity index (χ2n) is 7.03. The molecule has 3 rings (SSSR count). The van der Waals surface area contributed by atoms with E-state index < -0.39 is 22.8 Å². The quantitative estimate of drug-likeness (QED) is 0.624. The van der Waals surface area contributed by atoms with Crippen LogP contribution in [0.3, 0.4) is 0 Å². The van der Waals surface area contributed by atoms with E-state index in [9.17, 15) is 23.1 Å². The summed E-state index contributed by atoms with van der Waals surface area (Å²) in [5.74, 6) is 0.540. The minimum absolute atomic E-state index is 0.0591. The third-order valence-corrected chi connectivity index (χ3v) is 5.25. The zero-order valence-electron chi connectivity index (χ0n) is 15.8. The Morgan fingerprint density at radius 3 is 2.21 bits per heavy atom. The van der Waals surface area contributed by atoms with Crippen LogP contribution in [-0.2, 0) is 6.18 Å². The lowest BCUT2D eigenvalue weighted by Crippen LogP contribution is -2.34. The fourth-order valence-corrected chi connectivity index (χ4v) is 3.84. The summed E-state index contributed by atoms with van der Waals surface area (Å²) < 4.78 is 38.5. The molecule has 1 unspecified atom stereocenters. The first-order chi connectivity index (χ1) is 13.7. The number of allylic oxidation sites excluding steroid dienone is 4. The lowest BCUT2D eigenvalue weighted by Gasteiger charge is -2.19. The number of carbonyl (C=O) groups is 1. The van der Waals surface area contributed by atoms with Crippen LogP contribution >= 0.6 is 11.6 Å². The maximum absolute atomic E-state index is 12.8. The Hall–Kier alpha value is -2.25. The molecule has 0 radical (unpaired) electrons. The molecule has 3 atom stereocenters. The fourth-order valence-electron chi connectivity index (χ4n) is 3.61. The molecule has 1 aliphatic heterocycles. The highest BCUT2D eigenvalue weighted by atomic mass is 35.5. The van der Waals surface area contributed by atoms with Gasteiger partial charge in [-0.3, -0.25) is 0 Å². The molecule has 1 saturated heterocycles. The average Bonchev–Trinajstić information content (AvgIpc) is 3.18. The van der Waals surface area contributed by atoms with E-state index in [-0.39, 0.29) is 23.6 Å². The number of rotatable bonds is 3. The number of amides is 2. The van der Waals surface area contributed by atoms with E-state index >= 15 is 0 Å². The van der Waals surface area contributed by atoms with Crippen molar-refractivity contribution in [2.45, 2.75) is 25.1 Å². The summed E-state index contributed by atoms with van der Waals surface area (Å²) >= 11 is 5.56. The highest BCUT2D eigenvalue weighted by molar-refractivity contribution is 6.31. The minimum atomic E-state index is -4.57. The first-order valence-electron chi connectivity index (χ1n) is 9.16. The summed E-state index contributed by atoms with van der Waals surface area (Å²) in [4.78, 5) is 13.8. The van der Waals surface area contributed by atoms with Crippen molar-refractivity contribution in [2.24, 2.45) is 11.8 Å². The molecule has 29 heavy (non-hydrogen) atoms. The summed E-state index contributed by atoms with van der Waals surface area (Å²) in [6.45, 7) is 7.97. The number of hydrogen-bond acceptors (Lipinski definition) is 2. The number of anilines is 1. The van der Waals surface area contributed by atoms with E-state index in [1.54, 1.807) is 17.1 Å². The van der Waals surface area contributed by atoms with Gasteiger partial charge in [0.2, 0.25) is 0 Å². The van der Waals surface area contributed by atoms with Crippen molar-refractivity contribution in [1.29, 1.82) is 0 Å². The van der Waals surface area contributed by atoms with Crippen LogP contribution in [0.15, 0.2) is 55.7 Å². The van der Waals surface area contributed by atoms with Crippen molar-refractivity contribution >= 4 is 23.3 Å². The van der Waals surface area contributed by atoms with E-state index in [4.69, 9.17) is 11.6 Å². The lowest BCUT2D eigenvalue weighted by atomic mass is 10.0. The van der Waals surface area contributed by atoms with Crippen molar-refractivity contribution in [3.63, 3.8) is 0 Å². The number of alkyl halides is 3. The number of likely N-dealkylation sites (tertiary alicyclic amines) is 1. The molecule has 2 amide bonds. The van der Waals surface area contributed by atoms with Gasteiger partial charge in [-0.2, -0.15) is 13.2 Å². The zero-order valence-corrected chi connectivity index (χ0v) is 16.6. The standard InChI is InChI=1S/C15H16ClF3N2O2.C6H8/c16-13-2-1-10(5-12(13)15(17,18)19)20-14(23)21-6-8-3-11(22)4-9(8)7-21;1-3-5-6-4-2/h1-2,5,8-9,11,22H,3-4,6-7H2,(H,20,23);3-6H,1-2H2/b;6-5-/t8-,9+,11?;. The molecule has 2 fully saturated rings. The summed E-state index contributed by atoms with van der Waals surface area (Å²) in [5, 5.41) is 11.7. The minimum Gasteiger partial charge on any atom is -0.393 e. The summed E-state index contributed by atoms with van der Waals surface area (Å²) in [5.41, 5.74) is -0.915. The summed E-state index contributed by atoms with van der Waals surface area (Å²) in [7, 11) is 0. The molecule has 0 bridgehead atoms. The SMILES string of the molecule is C=C/C=C\C=C.O=C(Nc1ccc(Cl)c(C(F)(F)F)c1)N1C[C@H]2CC(O)C[C@H]2C1. The van der Waals surface area contributed by atoms with E-state index in [0.717, 1.165) is 12.1 Å². The van der Waals surface area contributed by atoms with Gasteiger partial charge in [0.1, 0.15) is 0 Å². The normalized spacial score (nSPS) is 23.3. The Balaban J connectivity index is 0.000000438. The Bertz CT molecular complexity index is 756. The Morgan fingerprint density at radius 2 is 1.72 bits per heavy atom. The molecule has 0 aromatic heterocycles. The highest BCUT2D eigenvalue weighted by Crippen LogP contribution is 2.39. The second-order valence-corrected chi connectivity index (χ2v) is 7.44. The van der Waals surface area contributed by atoms with E-state index in [2.05, 4.69) is 18.5 Å². The monoisotopic (exact) mass is 428 g/mol. The molecule has 2 N–H and O–H groups in total.